The summed E-state index contributed by atoms with van der Waals surface area (Å²) in [5.41, 5.74) is 1.17. The van der Waals surface area contributed by atoms with Crippen LogP contribution >= 0.6 is 23.2 Å². The molecule has 0 aromatic heterocycles. The van der Waals surface area contributed by atoms with E-state index in [1.807, 2.05) is 0 Å². The Bertz CT molecular complexity index is 459. The van der Waals surface area contributed by atoms with Crippen LogP contribution in [0.15, 0.2) is 23.4 Å². The molecule has 1 aromatic rings. The van der Waals surface area contributed by atoms with E-state index in [4.69, 9.17) is 23.2 Å². The number of benzene rings is 1. The van der Waals surface area contributed by atoms with Crippen LogP contribution in [0.5, 0.6) is 0 Å². The zero-order chi connectivity index (χ0) is 13.0. The van der Waals surface area contributed by atoms with Gasteiger partial charge in [-0.05, 0) is 19.1 Å². The Labute approximate surface area is 110 Å². The Balaban J connectivity index is 2.85. The fourth-order valence-electron chi connectivity index (χ4n) is 1.02. The van der Waals surface area contributed by atoms with E-state index in [1.54, 1.807) is 39.2 Å². The molecule has 0 saturated heterocycles. The van der Waals surface area contributed by atoms with Crippen molar-refractivity contribution in [3.63, 3.8) is 0 Å². The molecule has 1 rings (SSSR count). The van der Waals surface area contributed by atoms with Crippen molar-refractivity contribution >= 4 is 35.0 Å². The maximum absolute atomic E-state index is 11.2. The molecule has 1 amide bonds. The van der Waals surface area contributed by atoms with Crippen molar-refractivity contribution in [2.75, 3.05) is 14.1 Å². The average Bonchev–Trinajstić information content (AvgIpc) is 2.25. The molecule has 0 saturated carbocycles. The minimum Gasteiger partial charge on any atom is -0.312 e. The SMILES string of the molecule is C/C(=N/OC(=O)N(C)C)c1ccc(Cl)cc1Cl. The number of carbonyl (C=O) groups is 1. The molecule has 6 heteroatoms. The zero-order valence-corrected chi connectivity index (χ0v) is 11.2. The van der Waals surface area contributed by atoms with Gasteiger partial charge in [0.1, 0.15) is 0 Å². The normalized spacial score (nSPS) is 11.2. The van der Waals surface area contributed by atoms with Crippen molar-refractivity contribution in [2.24, 2.45) is 5.16 Å². The lowest BCUT2D eigenvalue weighted by atomic mass is 10.1. The van der Waals surface area contributed by atoms with Crippen molar-refractivity contribution in [1.82, 2.24) is 4.90 Å². The maximum atomic E-state index is 11.2. The highest BCUT2D eigenvalue weighted by Crippen LogP contribution is 2.21. The van der Waals surface area contributed by atoms with Gasteiger partial charge in [0.2, 0.25) is 0 Å². The van der Waals surface area contributed by atoms with Gasteiger partial charge in [-0.1, -0.05) is 34.4 Å². The first kappa shape index (κ1) is 13.8. The molecule has 17 heavy (non-hydrogen) atoms. The van der Waals surface area contributed by atoms with Gasteiger partial charge in [-0.3, -0.25) is 4.84 Å². The van der Waals surface area contributed by atoms with Crippen LogP contribution in [0, 0.1) is 0 Å². The third kappa shape index (κ3) is 3.91. The van der Waals surface area contributed by atoms with Crippen LogP contribution in [0.1, 0.15) is 12.5 Å². The lowest BCUT2D eigenvalue weighted by molar-refractivity contribution is 0.122. The van der Waals surface area contributed by atoms with E-state index in [1.165, 1.54) is 4.90 Å². The first-order valence-electron chi connectivity index (χ1n) is 4.80. The Kier molecular flexibility index (Phi) is 4.78. The van der Waals surface area contributed by atoms with Gasteiger partial charge in [-0.15, -0.1) is 0 Å². The predicted molar refractivity (Wildman–Crippen MR) is 68.8 cm³/mol. The largest absolute Gasteiger partial charge is 0.435 e. The Morgan fingerprint density at radius 1 is 1.35 bits per heavy atom. The summed E-state index contributed by atoms with van der Waals surface area (Å²) in [7, 11) is 3.14. The third-order valence-corrected chi connectivity index (χ3v) is 2.49. The summed E-state index contributed by atoms with van der Waals surface area (Å²) in [4.78, 5) is 17.1. The van der Waals surface area contributed by atoms with Crippen molar-refractivity contribution in [1.29, 1.82) is 0 Å². The second-order valence-corrected chi connectivity index (χ2v) is 4.40. The lowest BCUT2D eigenvalue weighted by Crippen LogP contribution is -2.21. The first-order chi connectivity index (χ1) is 7.91. The fraction of sp³-hybridized carbons (Fsp3) is 0.273. The van der Waals surface area contributed by atoms with Crippen LogP contribution in [0.3, 0.4) is 0 Å². The van der Waals surface area contributed by atoms with E-state index in [9.17, 15) is 4.79 Å². The summed E-state index contributed by atoms with van der Waals surface area (Å²) in [6.45, 7) is 1.69. The van der Waals surface area contributed by atoms with Gasteiger partial charge < -0.3 is 4.90 Å². The van der Waals surface area contributed by atoms with Crippen LogP contribution in [-0.2, 0) is 4.84 Å². The average molecular weight is 275 g/mol. The van der Waals surface area contributed by atoms with E-state index in [2.05, 4.69) is 9.99 Å². The van der Waals surface area contributed by atoms with Crippen molar-refractivity contribution in [3.8, 4) is 0 Å². The van der Waals surface area contributed by atoms with Gasteiger partial charge in [0.25, 0.3) is 0 Å². The molecule has 0 N–H and O–H groups in total. The molecule has 4 nitrogen and oxygen atoms in total. The number of amides is 1. The van der Waals surface area contributed by atoms with Crippen LogP contribution in [-0.4, -0.2) is 30.8 Å². The quantitative estimate of drug-likeness (QED) is 0.471. The molecule has 0 aliphatic carbocycles. The Morgan fingerprint density at radius 2 is 2.00 bits per heavy atom. The highest BCUT2D eigenvalue weighted by Gasteiger charge is 2.08. The number of halogens is 2. The van der Waals surface area contributed by atoms with E-state index >= 15 is 0 Å². The number of oxime groups is 1. The van der Waals surface area contributed by atoms with Gasteiger partial charge in [-0.2, -0.15) is 0 Å². The van der Waals surface area contributed by atoms with Crippen molar-refractivity contribution in [3.05, 3.63) is 33.8 Å². The summed E-state index contributed by atoms with van der Waals surface area (Å²) in [6.07, 6.45) is -0.547. The molecule has 0 bridgehead atoms. The van der Waals surface area contributed by atoms with Gasteiger partial charge >= 0.3 is 6.09 Å². The summed E-state index contributed by atoms with van der Waals surface area (Å²) >= 11 is 11.8. The smallest absolute Gasteiger partial charge is 0.312 e. The van der Waals surface area contributed by atoms with E-state index in [0.717, 1.165) is 0 Å². The topological polar surface area (TPSA) is 41.9 Å². The number of rotatable bonds is 2. The molecule has 0 atom stereocenters. The molecule has 1 aromatic carbocycles. The number of carbonyl (C=O) groups excluding carboxylic acids is 1. The molecule has 0 spiro atoms. The van der Waals surface area contributed by atoms with Crippen LogP contribution in [0.2, 0.25) is 10.0 Å². The van der Waals surface area contributed by atoms with Crippen LogP contribution in [0.25, 0.3) is 0 Å². The summed E-state index contributed by atoms with van der Waals surface area (Å²) < 4.78 is 0. The minimum absolute atomic E-state index is 0.458. The number of nitrogens with zero attached hydrogens (tertiary/aromatic N) is 2. The summed E-state index contributed by atoms with van der Waals surface area (Å²) in [5.74, 6) is 0. The third-order valence-electron chi connectivity index (χ3n) is 1.95. The van der Waals surface area contributed by atoms with Gasteiger partial charge in [0.15, 0.2) is 0 Å². The summed E-state index contributed by atoms with van der Waals surface area (Å²) in [6, 6.07) is 5.01. The summed E-state index contributed by atoms with van der Waals surface area (Å²) in [5, 5.41) is 4.70. The van der Waals surface area contributed by atoms with Gasteiger partial charge in [0.05, 0.1) is 10.7 Å². The van der Waals surface area contributed by atoms with E-state index in [-0.39, 0.29) is 0 Å². The Morgan fingerprint density at radius 3 is 2.53 bits per heavy atom. The van der Waals surface area contributed by atoms with Gasteiger partial charge in [-0.25, -0.2) is 4.79 Å². The van der Waals surface area contributed by atoms with Crippen molar-refractivity contribution < 1.29 is 9.63 Å². The standard InChI is InChI=1S/C11H12Cl2N2O2/c1-7(14-17-11(16)15(2)3)9-5-4-8(12)6-10(9)13/h4-6H,1-3H3/b14-7-. The van der Waals surface area contributed by atoms with Crippen LogP contribution in [0.4, 0.5) is 4.79 Å². The molecule has 92 valence electrons. The highest BCUT2D eigenvalue weighted by molar-refractivity contribution is 6.36. The molecular weight excluding hydrogens is 263 g/mol. The molecule has 0 unspecified atom stereocenters. The predicted octanol–water partition coefficient (Wildman–Crippen LogP) is 3.42. The molecule has 0 heterocycles. The zero-order valence-electron chi connectivity index (χ0n) is 9.70. The van der Waals surface area contributed by atoms with E-state index in [0.29, 0.717) is 21.3 Å². The molecular formula is C11H12Cl2N2O2. The number of hydrogen-bond acceptors (Lipinski definition) is 3. The molecule has 0 aliphatic rings. The second-order valence-electron chi connectivity index (χ2n) is 3.55. The maximum Gasteiger partial charge on any atom is 0.435 e. The van der Waals surface area contributed by atoms with E-state index < -0.39 is 6.09 Å². The van der Waals surface area contributed by atoms with Crippen molar-refractivity contribution in [2.45, 2.75) is 6.92 Å². The first-order valence-corrected chi connectivity index (χ1v) is 5.55. The minimum atomic E-state index is -0.547. The van der Waals surface area contributed by atoms with Crippen LogP contribution < -0.4 is 0 Å². The Hall–Kier alpha value is -1.26. The monoisotopic (exact) mass is 274 g/mol. The van der Waals surface area contributed by atoms with Gasteiger partial charge in [0, 0.05) is 24.7 Å². The second kappa shape index (κ2) is 5.89. The number of hydrogen-bond donors (Lipinski definition) is 0. The molecule has 0 fully saturated rings. The lowest BCUT2D eigenvalue weighted by Gasteiger charge is -2.07. The molecule has 0 radical (unpaired) electrons. The molecule has 0 aliphatic heterocycles. The highest BCUT2D eigenvalue weighted by atomic mass is 35.5. The fourth-order valence-corrected chi connectivity index (χ4v) is 1.57.